The van der Waals surface area contributed by atoms with E-state index in [4.69, 9.17) is 0 Å². The molecule has 0 spiro atoms. The summed E-state index contributed by atoms with van der Waals surface area (Å²) in [6.45, 7) is 5.60. The van der Waals surface area contributed by atoms with Gasteiger partial charge in [0, 0.05) is 24.5 Å². The van der Waals surface area contributed by atoms with Gasteiger partial charge in [0.15, 0.2) is 0 Å². The minimum absolute atomic E-state index is 0.718. The monoisotopic (exact) mass is 295 g/mol. The zero-order chi connectivity index (χ0) is 14.2. The molecule has 0 amide bonds. The van der Waals surface area contributed by atoms with Gasteiger partial charge in [-0.2, -0.15) is 0 Å². The molecule has 1 aliphatic rings. The van der Waals surface area contributed by atoms with Crippen molar-refractivity contribution in [3.63, 3.8) is 0 Å². The molecular weight excluding hydrogens is 266 g/mol. The summed E-state index contributed by atoms with van der Waals surface area (Å²) in [6.07, 6.45) is 8.18. The van der Waals surface area contributed by atoms with Gasteiger partial charge < -0.3 is 10.2 Å². The summed E-state index contributed by atoms with van der Waals surface area (Å²) in [6, 6.07) is 0.718. The van der Waals surface area contributed by atoms with Crippen LogP contribution in [-0.2, 0) is 6.54 Å². The van der Waals surface area contributed by atoms with E-state index in [1.165, 1.54) is 50.8 Å². The van der Waals surface area contributed by atoms with Gasteiger partial charge in [-0.3, -0.25) is 0 Å². The smallest absolute Gasteiger partial charge is 0.0795 e. The summed E-state index contributed by atoms with van der Waals surface area (Å²) < 4.78 is 0. The Balaban J connectivity index is 1.85. The molecule has 2 unspecified atom stereocenters. The third-order valence-corrected chi connectivity index (χ3v) is 4.91. The van der Waals surface area contributed by atoms with Crippen molar-refractivity contribution in [2.45, 2.75) is 58.0 Å². The van der Waals surface area contributed by atoms with Gasteiger partial charge in [-0.1, -0.05) is 26.2 Å². The first-order valence-electron chi connectivity index (χ1n) is 8.08. The predicted molar refractivity (Wildman–Crippen MR) is 87.1 cm³/mol. The molecule has 2 atom stereocenters. The molecule has 1 aromatic heterocycles. The second-order valence-electron chi connectivity index (χ2n) is 6.14. The van der Waals surface area contributed by atoms with Crippen LogP contribution < -0.4 is 5.32 Å². The van der Waals surface area contributed by atoms with Crippen LogP contribution in [0.25, 0.3) is 0 Å². The van der Waals surface area contributed by atoms with Crippen molar-refractivity contribution in [1.29, 1.82) is 0 Å². The molecule has 2 rings (SSSR count). The number of nitrogens with zero attached hydrogens (tertiary/aromatic N) is 2. The van der Waals surface area contributed by atoms with E-state index in [9.17, 15) is 0 Å². The lowest BCUT2D eigenvalue weighted by Gasteiger charge is -2.30. The normalized spacial score (nSPS) is 23.9. The predicted octanol–water partition coefficient (Wildman–Crippen LogP) is 3.52. The molecule has 1 aromatic rings. The second-order valence-corrected chi connectivity index (χ2v) is 6.85. The molecule has 4 heteroatoms. The molecule has 20 heavy (non-hydrogen) atoms. The van der Waals surface area contributed by atoms with Crippen LogP contribution in [0.2, 0.25) is 0 Å². The average molecular weight is 295 g/mol. The van der Waals surface area contributed by atoms with Crippen molar-refractivity contribution in [2.24, 2.45) is 5.92 Å². The molecule has 0 aliphatic heterocycles. The Kier molecular flexibility index (Phi) is 6.97. The summed E-state index contributed by atoms with van der Waals surface area (Å²) in [7, 11) is 2.24. The first-order chi connectivity index (χ1) is 9.79. The van der Waals surface area contributed by atoms with E-state index in [0.717, 1.165) is 25.0 Å². The molecule has 0 radical (unpaired) electrons. The van der Waals surface area contributed by atoms with Crippen molar-refractivity contribution >= 4 is 11.3 Å². The molecule has 1 aliphatic carbocycles. The second kappa shape index (κ2) is 8.75. The fourth-order valence-corrected chi connectivity index (χ4v) is 3.81. The number of hydrogen-bond donors (Lipinski definition) is 1. The number of rotatable bonds is 7. The van der Waals surface area contributed by atoms with Crippen LogP contribution in [0.4, 0.5) is 0 Å². The SMILES string of the molecule is CCCNC1CCCCCC1CN(C)Cc1cscn1. The number of hydrogen-bond acceptors (Lipinski definition) is 4. The molecule has 0 aromatic carbocycles. The highest BCUT2D eigenvalue weighted by atomic mass is 32.1. The Morgan fingerprint density at radius 2 is 2.20 bits per heavy atom. The molecule has 0 saturated heterocycles. The van der Waals surface area contributed by atoms with E-state index in [2.05, 4.69) is 34.6 Å². The highest BCUT2D eigenvalue weighted by Crippen LogP contribution is 2.24. The lowest BCUT2D eigenvalue weighted by Crippen LogP contribution is -2.41. The van der Waals surface area contributed by atoms with Crippen LogP contribution in [0.1, 0.15) is 51.1 Å². The van der Waals surface area contributed by atoms with E-state index in [1.807, 2.05) is 5.51 Å². The Morgan fingerprint density at radius 1 is 1.35 bits per heavy atom. The van der Waals surface area contributed by atoms with Gasteiger partial charge in [-0.15, -0.1) is 11.3 Å². The summed E-state index contributed by atoms with van der Waals surface area (Å²) in [5.74, 6) is 0.799. The van der Waals surface area contributed by atoms with E-state index in [-0.39, 0.29) is 0 Å². The van der Waals surface area contributed by atoms with Gasteiger partial charge in [0.1, 0.15) is 0 Å². The Morgan fingerprint density at radius 3 is 2.95 bits per heavy atom. The van der Waals surface area contributed by atoms with Crippen molar-refractivity contribution in [3.05, 3.63) is 16.6 Å². The van der Waals surface area contributed by atoms with Gasteiger partial charge in [0.2, 0.25) is 0 Å². The maximum Gasteiger partial charge on any atom is 0.0795 e. The molecule has 1 N–H and O–H groups in total. The molecule has 1 heterocycles. The minimum Gasteiger partial charge on any atom is -0.314 e. The first-order valence-corrected chi connectivity index (χ1v) is 9.03. The maximum atomic E-state index is 4.40. The van der Waals surface area contributed by atoms with Gasteiger partial charge in [0.05, 0.1) is 11.2 Å². The third-order valence-electron chi connectivity index (χ3n) is 4.28. The third kappa shape index (κ3) is 5.15. The van der Waals surface area contributed by atoms with Crippen LogP contribution in [0.15, 0.2) is 10.9 Å². The largest absolute Gasteiger partial charge is 0.314 e. The Labute approximate surface area is 127 Å². The highest BCUT2D eigenvalue weighted by Gasteiger charge is 2.24. The molecule has 0 bridgehead atoms. The molecule has 3 nitrogen and oxygen atoms in total. The van der Waals surface area contributed by atoms with E-state index >= 15 is 0 Å². The highest BCUT2D eigenvalue weighted by molar-refractivity contribution is 7.07. The molecule has 1 fully saturated rings. The zero-order valence-electron chi connectivity index (χ0n) is 13.0. The summed E-state index contributed by atoms with van der Waals surface area (Å²) >= 11 is 1.69. The lowest BCUT2D eigenvalue weighted by molar-refractivity contribution is 0.217. The average Bonchev–Trinajstić information content (AvgIpc) is 2.84. The number of nitrogens with one attached hydrogen (secondary N) is 1. The van der Waals surface area contributed by atoms with Crippen LogP contribution in [0.5, 0.6) is 0 Å². The van der Waals surface area contributed by atoms with E-state index in [1.54, 1.807) is 11.3 Å². The van der Waals surface area contributed by atoms with Gasteiger partial charge in [0.25, 0.3) is 0 Å². The molecule has 1 saturated carbocycles. The number of thiazole rings is 1. The molecular formula is C16H29N3S. The van der Waals surface area contributed by atoms with E-state index < -0.39 is 0 Å². The summed E-state index contributed by atoms with van der Waals surface area (Å²) in [5, 5.41) is 5.95. The van der Waals surface area contributed by atoms with Crippen molar-refractivity contribution < 1.29 is 0 Å². The fraction of sp³-hybridized carbons (Fsp3) is 0.812. The Bertz CT molecular complexity index is 353. The lowest BCUT2D eigenvalue weighted by atomic mass is 9.94. The Hall–Kier alpha value is -0.450. The minimum atomic E-state index is 0.718. The van der Waals surface area contributed by atoms with Gasteiger partial charge >= 0.3 is 0 Å². The fourth-order valence-electron chi connectivity index (χ4n) is 3.26. The van der Waals surface area contributed by atoms with Crippen LogP contribution >= 0.6 is 11.3 Å². The van der Waals surface area contributed by atoms with Gasteiger partial charge in [-0.25, -0.2) is 4.98 Å². The van der Waals surface area contributed by atoms with Crippen molar-refractivity contribution in [2.75, 3.05) is 20.1 Å². The van der Waals surface area contributed by atoms with Crippen LogP contribution in [-0.4, -0.2) is 36.1 Å². The molecule has 114 valence electrons. The maximum absolute atomic E-state index is 4.40. The quantitative estimate of drug-likeness (QED) is 0.780. The van der Waals surface area contributed by atoms with Crippen LogP contribution in [0, 0.1) is 5.92 Å². The summed E-state index contributed by atoms with van der Waals surface area (Å²) in [4.78, 5) is 6.85. The zero-order valence-corrected chi connectivity index (χ0v) is 13.8. The first kappa shape index (κ1) is 15.9. The van der Waals surface area contributed by atoms with Crippen molar-refractivity contribution in [3.8, 4) is 0 Å². The van der Waals surface area contributed by atoms with Gasteiger partial charge in [-0.05, 0) is 38.8 Å². The topological polar surface area (TPSA) is 28.2 Å². The van der Waals surface area contributed by atoms with Crippen LogP contribution in [0.3, 0.4) is 0 Å². The van der Waals surface area contributed by atoms with E-state index in [0.29, 0.717) is 0 Å². The standard InChI is InChI=1S/C16H29N3S/c1-3-9-17-16-8-6-4-5-7-14(16)10-19(2)11-15-12-20-13-18-15/h12-14,16-17H,3-11H2,1-2H3. The summed E-state index contributed by atoms with van der Waals surface area (Å²) in [5.41, 5.74) is 3.14. The number of aromatic nitrogens is 1. The van der Waals surface area contributed by atoms with Crippen molar-refractivity contribution in [1.82, 2.24) is 15.2 Å².